The first-order valence-electron chi connectivity index (χ1n) is 37.3. The van der Waals surface area contributed by atoms with E-state index in [4.69, 9.17) is 9.05 Å². The summed E-state index contributed by atoms with van der Waals surface area (Å²) in [5, 5.41) is 14.2. The van der Waals surface area contributed by atoms with Gasteiger partial charge in [0.2, 0.25) is 5.91 Å². The van der Waals surface area contributed by atoms with Crippen LogP contribution in [0.5, 0.6) is 0 Å². The molecule has 504 valence electrons. The molecule has 3 atom stereocenters. The summed E-state index contributed by atoms with van der Waals surface area (Å²) in [5.41, 5.74) is 0. The molecule has 0 heterocycles. The van der Waals surface area contributed by atoms with Gasteiger partial charge in [0.25, 0.3) is 0 Å². The van der Waals surface area contributed by atoms with Gasteiger partial charge in [0, 0.05) is 6.42 Å². The molecule has 0 aromatic heterocycles. The smallest absolute Gasteiger partial charge is 0.391 e. The molecular formula is C77H146N2O6P+. The number of amides is 1. The van der Waals surface area contributed by atoms with Crippen LogP contribution in [0, 0.1) is 0 Å². The molecule has 8 nitrogen and oxygen atoms in total. The number of aliphatic hydroxyl groups is 1. The molecule has 0 saturated heterocycles. The molecule has 0 aromatic carbocycles. The molecule has 3 unspecified atom stereocenters. The number of aliphatic hydroxyl groups excluding tert-OH is 1. The zero-order chi connectivity index (χ0) is 62.6. The van der Waals surface area contributed by atoms with Gasteiger partial charge in [-0.3, -0.25) is 13.8 Å². The fourth-order valence-electron chi connectivity index (χ4n) is 11.2. The summed E-state index contributed by atoms with van der Waals surface area (Å²) < 4.78 is 23.9. The zero-order valence-electron chi connectivity index (χ0n) is 57.8. The molecule has 3 N–H and O–H groups in total. The largest absolute Gasteiger partial charge is 0.472 e. The highest BCUT2D eigenvalue weighted by molar-refractivity contribution is 7.47. The van der Waals surface area contributed by atoms with Crippen molar-refractivity contribution < 1.29 is 32.9 Å². The lowest BCUT2D eigenvalue weighted by atomic mass is 10.0. The van der Waals surface area contributed by atoms with Crippen LogP contribution in [0.3, 0.4) is 0 Å². The number of phosphoric acid groups is 1. The Morgan fingerprint density at radius 2 is 0.698 bits per heavy atom. The normalized spacial score (nSPS) is 14.0. The van der Waals surface area contributed by atoms with E-state index in [0.29, 0.717) is 23.9 Å². The lowest BCUT2D eigenvalue weighted by Gasteiger charge is -2.26. The summed E-state index contributed by atoms with van der Waals surface area (Å²) in [5.74, 6) is -0.139. The zero-order valence-corrected chi connectivity index (χ0v) is 58.7. The molecular weight excluding hydrogens is 1080 g/mol. The highest BCUT2D eigenvalue weighted by Crippen LogP contribution is 2.43. The third-order valence-electron chi connectivity index (χ3n) is 17.0. The average Bonchev–Trinajstić information content (AvgIpc) is 3.70. The van der Waals surface area contributed by atoms with Crippen LogP contribution in [0.25, 0.3) is 0 Å². The summed E-state index contributed by atoms with van der Waals surface area (Å²) >= 11 is 0. The molecule has 0 radical (unpaired) electrons. The number of hydrogen-bond acceptors (Lipinski definition) is 5. The first kappa shape index (κ1) is 83.9. The van der Waals surface area contributed by atoms with E-state index in [-0.39, 0.29) is 19.1 Å². The van der Waals surface area contributed by atoms with E-state index in [1.807, 2.05) is 21.1 Å². The maximum Gasteiger partial charge on any atom is 0.472 e. The molecule has 0 spiro atoms. The second kappa shape index (κ2) is 67.3. The summed E-state index contributed by atoms with van der Waals surface area (Å²) in [7, 11) is 1.63. The summed E-state index contributed by atoms with van der Waals surface area (Å²) in [6, 6.07) is -0.764. The second-order valence-electron chi connectivity index (χ2n) is 26.7. The minimum atomic E-state index is -4.33. The fraction of sp³-hybridized carbons (Fsp3) is 0.831. The van der Waals surface area contributed by atoms with Crippen LogP contribution in [-0.2, 0) is 18.4 Å². The number of carbonyl (C=O) groups is 1. The van der Waals surface area contributed by atoms with E-state index < -0.39 is 20.0 Å². The molecule has 1 amide bonds. The molecule has 0 aliphatic heterocycles. The summed E-state index contributed by atoms with van der Waals surface area (Å²) in [4.78, 5) is 23.5. The highest BCUT2D eigenvalue weighted by Gasteiger charge is 2.28. The Bertz CT molecular complexity index is 1630. The Hall–Kier alpha value is -2.06. The van der Waals surface area contributed by atoms with Gasteiger partial charge in [0.15, 0.2) is 0 Å². The third kappa shape index (κ3) is 69.4. The molecule has 0 aliphatic rings. The third-order valence-corrected chi connectivity index (χ3v) is 18.0. The second-order valence-corrected chi connectivity index (χ2v) is 28.1. The standard InChI is InChI=1S/C77H145N2O6P/c1-6-8-10-12-14-16-18-20-22-24-26-28-30-32-34-35-36-37-38-39-40-41-42-43-45-47-49-51-53-55-57-59-61-63-65-67-69-71-77(81)78-75(74-85-86(82,83)84-73-72-79(3,4)5)76(80)70-68-66-64-62-60-58-56-54-52-50-48-46-44-33-31-29-27-25-23-21-19-17-15-13-11-9-7-2/h8,10,14,16,20,22,26,28,32,34,36-37,75-76,80H,6-7,9,11-13,15,17-19,21,23-25,27,29-31,33,35,38-74H2,1-5H3,(H-,78,81,82,83)/p+1/b10-8-,16-14-,22-20-,28-26-,34-32-,37-36-. The Morgan fingerprint density at radius 1 is 0.407 bits per heavy atom. The molecule has 0 aromatic rings. The lowest BCUT2D eigenvalue weighted by molar-refractivity contribution is -0.870. The number of rotatable bonds is 69. The Balaban J connectivity index is 3.98. The van der Waals surface area contributed by atoms with Crippen molar-refractivity contribution in [1.82, 2.24) is 5.32 Å². The number of nitrogens with one attached hydrogen (secondary N) is 1. The van der Waals surface area contributed by atoms with Crippen molar-refractivity contribution in [2.24, 2.45) is 0 Å². The number of allylic oxidation sites excluding steroid dienone is 12. The van der Waals surface area contributed by atoms with E-state index in [1.54, 1.807) is 0 Å². The van der Waals surface area contributed by atoms with Gasteiger partial charge in [0.1, 0.15) is 13.2 Å². The van der Waals surface area contributed by atoms with Gasteiger partial charge < -0.3 is 19.8 Å². The molecule has 86 heavy (non-hydrogen) atoms. The van der Waals surface area contributed by atoms with E-state index in [1.165, 1.54) is 257 Å². The monoisotopic (exact) mass is 1230 g/mol. The van der Waals surface area contributed by atoms with Crippen LogP contribution in [0.15, 0.2) is 72.9 Å². The molecule has 0 bridgehead atoms. The van der Waals surface area contributed by atoms with Gasteiger partial charge in [-0.05, 0) is 64.2 Å². The number of nitrogens with zero attached hydrogens (tertiary/aromatic N) is 1. The topological polar surface area (TPSA) is 105 Å². The molecule has 0 rings (SSSR count). The van der Waals surface area contributed by atoms with Crippen molar-refractivity contribution in [1.29, 1.82) is 0 Å². The average molecular weight is 1230 g/mol. The van der Waals surface area contributed by atoms with Crippen molar-refractivity contribution in [3.63, 3.8) is 0 Å². The number of unbranched alkanes of at least 4 members (excludes halogenated alkanes) is 44. The number of carbonyl (C=O) groups excluding carboxylic acids is 1. The van der Waals surface area contributed by atoms with Crippen LogP contribution in [0.2, 0.25) is 0 Å². The molecule has 0 fully saturated rings. The summed E-state index contributed by atoms with van der Waals surface area (Å²) in [6.45, 7) is 4.82. The first-order chi connectivity index (χ1) is 42.0. The van der Waals surface area contributed by atoms with Gasteiger partial charge in [0.05, 0.1) is 39.9 Å². The number of likely N-dealkylation sites (N-methyl/N-ethyl adjacent to an activating group) is 1. The first-order valence-corrected chi connectivity index (χ1v) is 38.8. The molecule has 0 aliphatic carbocycles. The maximum absolute atomic E-state index is 13.1. The Labute approximate surface area is 535 Å². The van der Waals surface area contributed by atoms with Crippen molar-refractivity contribution in [3.05, 3.63) is 72.9 Å². The molecule has 9 heteroatoms. The van der Waals surface area contributed by atoms with Gasteiger partial charge in [-0.1, -0.05) is 363 Å². The summed E-state index contributed by atoms with van der Waals surface area (Å²) in [6.07, 6.45) is 94.5. The van der Waals surface area contributed by atoms with Crippen molar-refractivity contribution in [2.75, 3.05) is 40.9 Å². The lowest BCUT2D eigenvalue weighted by Crippen LogP contribution is -2.46. The van der Waals surface area contributed by atoms with Crippen LogP contribution >= 0.6 is 7.82 Å². The SMILES string of the molecule is CC/C=C\C/C=C\C/C=C\C/C=C\C/C=C\C/C=C\CCCCCCCCCCCCCCCCCCCCC(=O)NC(COP(=O)(O)OCC[N+](C)(C)C)C(O)CCCCCCCCCCCCCCCCCCCCCCCCCCCCC. The van der Waals surface area contributed by atoms with Gasteiger partial charge >= 0.3 is 7.82 Å². The van der Waals surface area contributed by atoms with Crippen LogP contribution in [0.4, 0.5) is 0 Å². The van der Waals surface area contributed by atoms with Crippen molar-refractivity contribution in [3.8, 4) is 0 Å². The van der Waals surface area contributed by atoms with Crippen LogP contribution < -0.4 is 5.32 Å². The van der Waals surface area contributed by atoms with Crippen molar-refractivity contribution in [2.45, 2.75) is 373 Å². The Morgan fingerprint density at radius 3 is 1.02 bits per heavy atom. The van der Waals surface area contributed by atoms with Gasteiger partial charge in [-0.15, -0.1) is 0 Å². The fourth-order valence-corrected chi connectivity index (χ4v) is 12.0. The number of hydrogen-bond donors (Lipinski definition) is 3. The number of quaternary nitrogens is 1. The molecule has 0 saturated carbocycles. The van der Waals surface area contributed by atoms with Crippen LogP contribution in [-0.4, -0.2) is 73.4 Å². The van der Waals surface area contributed by atoms with E-state index >= 15 is 0 Å². The van der Waals surface area contributed by atoms with E-state index in [9.17, 15) is 19.4 Å². The number of phosphoric ester groups is 1. The van der Waals surface area contributed by atoms with Gasteiger partial charge in [-0.25, -0.2) is 4.57 Å². The minimum Gasteiger partial charge on any atom is -0.391 e. The minimum absolute atomic E-state index is 0.0750. The highest BCUT2D eigenvalue weighted by atomic mass is 31.2. The predicted molar refractivity (Wildman–Crippen MR) is 378 cm³/mol. The quantitative estimate of drug-likeness (QED) is 0.0243. The van der Waals surface area contributed by atoms with Crippen molar-refractivity contribution >= 4 is 13.7 Å². The van der Waals surface area contributed by atoms with E-state index in [2.05, 4.69) is 92.1 Å². The Kier molecular flexibility index (Phi) is 65.7. The predicted octanol–water partition coefficient (Wildman–Crippen LogP) is 24.1. The maximum atomic E-state index is 13.1. The van der Waals surface area contributed by atoms with Gasteiger partial charge in [-0.2, -0.15) is 0 Å². The van der Waals surface area contributed by atoms with E-state index in [0.717, 1.165) is 77.0 Å². The van der Waals surface area contributed by atoms with Crippen LogP contribution in [0.1, 0.15) is 361 Å².